The van der Waals surface area contributed by atoms with E-state index in [1.807, 2.05) is 6.08 Å². The van der Waals surface area contributed by atoms with E-state index in [9.17, 15) is 0 Å². The molecule has 1 spiro atoms. The smallest absolute Gasteiger partial charge is 0.133 e. The highest BCUT2D eigenvalue weighted by Gasteiger charge is 2.53. The van der Waals surface area contributed by atoms with E-state index in [1.54, 1.807) is 11.1 Å². The third-order valence-electron chi connectivity index (χ3n) is 12.6. The van der Waals surface area contributed by atoms with Crippen LogP contribution in [-0.4, -0.2) is 16.4 Å². The lowest BCUT2D eigenvalue weighted by molar-refractivity contribution is 0.763. The van der Waals surface area contributed by atoms with Crippen molar-refractivity contribution in [2.75, 3.05) is 0 Å². The minimum absolute atomic E-state index is 0.119. The molecule has 0 saturated heterocycles. The summed E-state index contributed by atoms with van der Waals surface area (Å²) < 4.78 is 2.46. The molecular weight excluding hydrogens is 667 g/mol. The molecule has 5 aliphatic rings. The molecule has 1 N–H and O–H groups in total. The van der Waals surface area contributed by atoms with Crippen LogP contribution in [0.15, 0.2) is 197 Å². The molecule has 1 atom stereocenters. The van der Waals surface area contributed by atoms with E-state index in [0.717, 1.165) is 59.6 Å². The van der Waals surface area contributed by atoms with E-state index >= 15 is 0 Å². The van der Waals surface area contributed by atoms with Gasteiger partial charge in [0.1, 0.15) is 5.84 Å². The van der Waals surface area contributed by atoms with Crippen molar-refractivity contribution in [3.05, 3.63) is 214 Å². The van der Waals surface area contributed by atoms with Crippen LogP contribution >= 0.6 is 0 Å². The van der Waals surface area contributed by atoms with E-state index in [0.29, 0.717) is 0 Å². The summed E-state index contributed by atoms with van der Waals surface area (Å²) in [5, 5.41) is 6.23. The Bertz CT molecular complexity index is 2810. The zero-order chi connectivity index (χ0) is 36.7. The maximum Gasteiger partial charge on any atom is 0.133 e. The number of hydrogen-bond acceptors (Lipinski definition) is 2. The molecule has 2 heterocycles. The van der Waals surface area contributed by atoms with E-state index in [-0.39, 0.29) is 11.5 Å². The summed E-state index contributed by atoms with van der Waals surface area (Å²) in [5.41, 5.74) is 19.3. The molecule has 1 aromatic heterocycles. The number of benzene rings is 5. The largest absolute Gasteiger partial charge is 0.340 e. The molecule has 0 radical (unpaired) electrons. The molecule has 3 nitrogen and oxygen atoms in total. The summed E-state index contributed by atoms with van der Waals surface area (Å²) in [6.45, 7) is 6.13. The van der Waals surface area contributed by atoms with Crippen LogP contribution in [0.1, 0.15) is 54.9 Å². The van der Waals surface area contributed by atoms with E-state index in [1.165, 1.54) is 55.2 Å². The van der Waals surface area contributed by atoms with Gasteiger partial charge in [-0.05, 0) is 137 Å². The van der Waals surface area contributed by atoms with Crippen LogP contribution in [0.3, 0.4) is 0 Å². The lowest BCUT2D eigenvalue weighted by Crippen LogP contribution is -2.30. The second-order valence-corrected chi connectivity index (χ2v) is 15.3. The Hall–Kier alpha value is -6.45. The van der Waals surface area contributed by atoms with Crippen LogP contribution < -0.4 is 5.32 Å². The maximum absolute atomic E-state index is 5.18. The quantitative estimate of drug-likeness (QED) is 0.178. The van der Waals surface area contributed by atoms with Crippen LogP contribution in [0, 0.1) is 0 Å². The predicted octanol–water partition coefficient (Wildman–Crippen LogP) is 12.2. The zero-order valence-electron chi connectivity index (χ0n) is 31.0. The first-order valence-corrected chi connectivity index (χ1v) is 19.7. The molecule has 11 rings (SSSR count). The number of aromatic nitrogens is 1. The van der Waals surface area contributed by atoms with Gasteiger partial charge in [0, 0.05) is 27.7 Å². The Morgan fingerprint density at radius 1 is 0.727 bits per heavy atom. The van der Waals surface area contributed by atoms with Crippen molar-refractivity contribution in [3.63, 3.8) is 0 Å². The molecule has 4 aliphatic carbocycles. The van der Waals surface area contributed by atoms with Gasteiger partial charge in [0.25, 0.3) is 0 Å². The van der Waals surface area contributed by atoms with Gasteiger partial charge in [-0.3, -0.25) is 4.99 Å². The Balaban J connectivity index is 1.08. The minimum atomic E-state index is -0.277. The lowest BCUT2D eigenvalue weighted by Gasteiger charge is -2.34. The predicted molar refractivity (Wildman–Crippen MR) is 230 cm³/mol. The first kappa shape index (κ1) is 32.0. The standard InChI is InChI=1S/C52H41N3/c1-3-33(4-2)47-32-48(34-16-6-5-7-17-34)54-51(53-47)35-26-28-36(29-27-35)55-49-25-15-11-21-40(49)42-30-46-41(31-50(42)55)39-20-10-14-24-45(39)52(46)43-22-12-8-18-37(43)38-19-9-13-23-44(38)52/h3-7,10-17,20-32,47H,1,8-9,18-19H2,2H3,(H,53,54)/b33-4+. The first-order chi connectivity index (χ1) is 27.2. The summed E-state index contributed by atoms with van der Waals surface area (Å²) in [7, 11) is 0. The average molecular weight is 708 g/mol. The van der Waals surface area contributed by atoms with Crippen molar-refractivity contribution >= 4 is 33.3 Å². The van der Waals surface area contributed by atoms with Gasteiger partial charge in [0.15, 0.2) is 0 Å². The molecule has 1 unspecified atom stereocenters. The van der Waals surface area contributed by atoms with Crippen molar-refractivity contribution in [3.8, 4) is 16.8 Å². The normalized spacial score (nSPS) is 19.3. The third kappa shape index (κ3) is 4.53. The number of allylic oxidation sites excluding steroid dienone is 9. The van der Waals surface area contributed by atoms with Gasteiger partial charge in [-0.2, -0.15) is 0 Å². The highest BCUT2D eigenvalue weighted by molar-refractivity contribution is 6.12. The summed E-state index contributed by atoms with van der Waals surface area (Å²) in [4.78, 5) is 5.18. The molecule has 55 heavy (non-hydrogen) atoms. The summed E-state index contributed by atoms with van der Waals surface area (Å²) >= 11 is 0. The van der Waals surface area contributed by atoms with Gasteiger partial charge in [-0.25, -0.2) is 0 Å². The van der Waals surface area contributed by atoms with Crippen molar-refractivity contribution < 1.29 is 0 Å². The number of amidine groups is 1. The lowest BCUT2D eigenvalue weighted by atomic mass is 9.67. The van der Waals surface area contributed by atoms with Crippen LogP contribution in [0.25, 0.3) is 44.3 Å². The molecule has 1 aliphatic heterocycles. The fourth-order valence-electron chi connectivity index (χ4n) is 10.2. The van der Waals surface area contributed by atoms with Crippen LogP contribution in [0.2, 0.25) is 0 Å². The van der Waals surface area contributed by atoms with Gasteiger partial charge in [-0.1, -0.05) is 116 Å². The Kier molecular flexibility index (Phi) is 7.16. The van der Waals surface area contributed by atoms with Gasteiger partial charge < -0.3 is 9.88 Å². The number of nitrogens with one attached hydrogen (secondary N) is 1. The molecule has 0 amide bonds. The monoisotopic (exact) mass is 707 g/mol. The van der Waals surface area contributed by atoms with Crippen molar-refractivity contribution in [2.45, 2.75) is 44.1 Å². The fraction of sp³-hybridized carbons (Fsp3) is 0.135. The minimum Gasteiger partial charge on any atom is -0.340 e. The van der Waals surface area contributed by atoms with Gasteiger partial charge in [0.2, 0.25) is 0 Å². The number of rotatable bonds is 5. The highest BCUT2D eigenvalue weighted by Crippen LogP contribution is 2.64. The maximum atomic E-state index is 5.18. The topological polar surface area (TPSA) is 29.3 Å². The van der Waals surface area contributed by atoms with Crippen molar-refractivity contribution in [1.29, 1.82) is 0 Å². The number of aliphatic imine (C=N–C) groups is 1. The second-order valence-electron chi connectivity index (χ2n) is 15.3. The molecule has 6 aromatic rings. The zero-order valence-corrected chi connectivity index (χ0v) is 31.0. The number of fused-ring (bicyclic) bond motifs is 11. The summed E-state index contributed by atoms with van der Waals surface area (Å²) in [6, 6.07) is 42.4. The number of hydrogen-bond donors (Lipinski definition) is 1. The Morgan fingerprint density at radius 2 is 1.44 bits per heavy atom. The van der Waals surface area contributed by atoms with Crippen LogP contribution in [-0.2, 0) is 5.41 Å². The molecule has 0 fully saturated rings. The second kappa shape index (κ2) is 12.3. The van der Waals surface area contributed by atoms with E-state index in [4.69, 9.17) is 4.99 Å². The van der Waals surface area contributed by atoms with Crippen molar-refractivity contribution in [2.24, 2.45) is 4.99 Å². The first-order valence-electron chi connectivity index (χ1n) is 19.7. The molecule has 5 aromatic carbocycles. The Labute approximate surface area is 322 Å². The van der Waals surface area contributed by atoms with Crippen LogP contribution in [0.5, 0.6) is 0 Å². The van der Waals surface area contributed by atoms with Gasteiger partial charge >= 0.3 is 0 Å². The molecule has 3 heteroatoms. The molecular formula is C52H41N3. The average Bonchev–Trinajstić information content (AvgIpc) is 3.85. The highest BCUT2D eigenvalue weighted by atomic mass is 15.0. The van der Waals surface area contributed by atoms with Crippen LogP contribution in [0.4, 0.5) is 0 Å². The van der Waals surface area contributed by atoms with Gasteiger partial charge in [-0.15, -0.1) is 0 Å². The van der Waals surface area contributed by atoms with E-state index in [2.05, 4.69) is 175 Å². The molecule has 0 saturated carbocycles. The summed E-state index contributed by atoms with van der Waals surface area (Å²) in [5.74, 6) is 0.855. The Morgan fingerprint density at radius 3 is 2.18 bits per heavy atom. The van der Waals surface area contributed by atoms with Gasteiger partial charge in [0.05, 0.1) is 22.5 Å². The third-order valence-corrected chi connectivity index (χ3v) is 12.6. The van der Waals surface area contributed by atoms with E-state index < -0.39 is 0 Å². The fourth-order valence-corrected chi connectivity index (χ4v) is 10.2. The SMILES string of the molecule is C=C/C(=C\C)C1C=C(c2ccccc2)NC(c2ccc(-n3c4ccccc4c4cc5c(cc43)-c3ccccc3C53C4=C(CCC=C4)C4=C3C=CCC4)cc2)=N1. The molecule has 0 bridgehead atoms. The number of nitrogens with zero attached hydrogens (tertiary/aromatic N) is 2. The van der Waals surface area contributed by atoms with Crippen molar-refractivity contribution in [1.82, 2.24) is 9.88 Å². The summed E-state index contributed by atoms with van der Waals surface area (Å²) in [6.07, 6.45) is 20.5. The molecule has 264 valence electrons. The number of para-hydroxylation sites is 1.